The van der Waals surface area contributed by atoms with Gasteiger partial charge in [0.15, 0.2) is 0 Å². The molecule has 2 N–H and O–H groups in total. The third-order valence-corrected chi connectivity index (χ3v) is 2.14. The first-order chi connectivity index (χ1) is 6.88. The summed E-state index contributed by atoms with van der Waals surface area (Å²) in [5.41, 5.74) is 1.09. The molecule has 0 atom stereocenters. The largest absolute Gasteiger partial charge is 0.382 e. The average molecular weight is 193 g/mol. The van der Waals surface area contributed by atoms with Gasteiger partial charge in [0, 0.05) is 19.8 Å². The van der Waals surface area contributed by atoms with Crippen LogP contribution in [0.4, 0.5) is 11.5 Å². The zero-order valence-corrected chi connectivity index (χ0v) is 9.01. The Hall–Kier alpha value is -1.25. The lowest BCUT2D eigenvalue weighted by Gasteiger charge is -2.09. The van der Waals surface area contributed by atoms with Crippen molar-refractivity contribution in [3.05, 3.63) is 18.3 Å². The molecule has 1 aromatic rings. The molecule has 0 saturated heterocycles. The molecule has 0 aliphatic carbocycles. The summed E-state index contributed by atoms with van der Waals surface area (Å²) >= 11 is 0. The van der Waals surface area contributed by atoms with Crippen LogP contribution in [0.3, 0.4) is 0 Å². The molecule has 0 aromatic carbocycles. The molecule has 0 fully saturated rings. The van der Waals surface area contributed by atoms with Crippen molar-refractivity contribution in [2.75, 3.05) is 24.2 Å². The Morgan fingerprint density at radius 1 is 1.36 bits per heavy atom. The van der Waals surface area contributed by atoms with Crippen molar-refractivity contribution >= 4 is 11.5 Å². The monoisotopic (exact) mass is 193 g/mol. The number of pyridine rings is 1. The molecule has 0 aliphatic heterocycles. The summed E-state index contributed by atoms with van der Waals surface area (Å²) in [6, 6.07) is 3.99. The van der Waals surface area contributed by atoms with Crippen LogP contribution in [0.2, 0.25) is 0 Å². The number of nitrogens with one attached hydrogen (secondary N) is 2. The van der Waals surface area contributed by atoms with Crippen LogP contribution in [0, 0.1) is 0 Å². The molecule has 0 aliphatic rings. The van der Waals surface area contributed by atoms with E-state index in [0.29, 0.717) is 0 Å². The molecule has 3 nitrogen and oxygen atoms in total. The highest BCUT2D eigenvalue weighted by atomic mass is 15.0. The van der Waals surface area contributed by atoms with Gasteiger partial charge >= 0.3 is 0 Å². The first kappa shape index (κ1) is 10.8. The fraction of sp³-hybridized carbons (Fsp3) is 0.545. The van der Waals surface area contributed by atoms with Crippen LogP contribution in [-0.2, 0) is 0 Å². The molecule has 0 spiro atoms. The van der Waals surface area contributed by atoms with Gasteiger partial charge in [-0.2, -0.15) is 0 Å². The number of hydrogen-bond donors (Lipinski definition) is 2. The van der Waals surface area contributed by atoms with Gasteiger partial charge in [0.05, 0.1) is 5.69 Å². The average Bonchev–Trinajstić information content (AvgIpc) is 2.25. The number of anilines is 2. The van der Waals surface area contributed by atoms with Crippen LogP contribution in [0.5, 0.6) is 0 Å². The molecule has 1 rings (SSSR count). The van der Waals surface area contributed by atoms with Crippen molar-refractivity contribution in [1.29, 1.82) is 0 Å². The Bertz CT molecular complexity index is 260. The van der Waals surface area contributed by atoms with Gasteiger partial charge in [-0.3, -0.25) is 0 Å². The van der Waals surface area contributed by atoms with E-state index in [9.17, 15) is 0 Å². The topological polar surface area (TPSA) is 37.0 Å². The fourth-order valence-corrected chi connectivity index (χ4v) is 1.35. The standard InChI is InChI=1S/C11H19N3/c1-3-4-5-8-13-10-7-6-9-14-11(10)12-2/h6-7,9,13H,3-5,8H2,1-2H3,(H,12,14). The van der Waals surface area contributed by atoms with Gasteiger partial charge in [-0.25, -0.2) is 4.98 Å². The van der Waals surface area contributed by atoms with Gasteiger partial charge in [0.1, 0.15) is 5.82 Å². The normalized spacial score (nSPS) is 9.86. The van der Waals surface area contributed by atoms with Crippen molar-refractivity contribution in [3.8, 4) is 0 Å². The highest BCUT2D eigenvalue weighted by molar-refractivity contribution is 5.63. The maximum Gasteiger partial charge on any atom is 0.149 e. The molecular weight excluding hydrogens is 174 g/mol. The SMILES string of the molecule is CCCCCNc1cccnc1NC. The molecule has 0 saturated carbocycles. The molecule has 3 heteroatoms. The van der Waals surface area contributed by atoms with E-state index in [1.165, 1.54) is 19.3 Å². The molecule has 0 bridgehead atoms. The summed E-state index contributed by atoms with van der Waals surface area (Å²) in [7, 11) is 1.89. The quantitative estimate of drug-likeness (QED) is 0.682. The number of aromatic nitrogens is 1. The molecule has 0 unspecified atom stereocenters. The van der Waals surface area contributed by atoms with Crippen LogP contribution in [0.1, 0.15) is 26.2 Å². The van der Waals surface area contributed by atoms with Gasteiger partial charge in [0.2, 0.25) is 0 Å². The van der Waals surface area contributed by atoms with E-state index in [2.05, 4.69) is 22.5 Å². The van der Waals surface area contributed by atoms with Crippen LogP contribution in [0.25, 0.3) is 0 Å². The van der Waals surface area contributed by atoms with Crippen LogP contribution >= 0.6 is 0 Å². The van der Waals surface area contributed by atoms with Crippen LogP contribution in [0.15, 0.2) is 18.3 Å². The van der Waals surface area contributed by atoms with Gasteiger partial charge in [-0.15, -0.1) is 0 Å². The van der Waals surface area contributed by atoms with Crippen molar-refractivity contribution < 1.29 is 0 Å². The van der Waals surface area contributed by atoms with E-state index < -0.39 is 0 Å². The van der Waals surface area contributed by atoms with Crippen LogP contribution < -0.4 is 10.6 Å². The second kappa shape index (κ2) is 6.24. The number of unbranched alkanes of at least 4 members (excludes halogenated alkanes) is 2. The van der Waals surface area contributed by atoms with Gasteiger partial charge in [-0.05, 0) is 18.6 Å². The highest BCUT2D eigenvalue weighted by Gasteiger charge is 1.98. The Morgan fingerprint density at radius 2 is 2.21 bits per heavy atom. The Morgan fingerprint density at radius 3 is 2.93 bits per heavy atom. The smallest absolute Gasteiger partial charge is 0.149 e. The summed E-state index contributed by atoms with van der Waals surface area (Å²) in [4.78, 5) is 4.22. The van der Waals surface area contributed by atoms with Crippen LogP contribution in [-0.4, -0.2) is 18.6 Å². The van der Waals surface area contributed by atoms with Crippen molar-refractivity contribution in [1.82, 2.24) is 4.98 Å². The maximum absolute atomic E-state index is 4.22. The van der Waals surface area contributed by atoms with Gasteiger partial charge < -0.3 is 10.6 Å². The lowest BCUT2D eigenvalue weighted by atomic mass is 10.2. The van der Waals surface area contributed by atoms with Crippen molar-refractivity contribution in [2.45, 2.75) is 26.2 Å². The molecule has 0 radical (unpaired) electrons. The maximum atomic E-state index is 4.22. The predicted octanol–water partition coefficient (Wildman–Crippen LogP) is 2.73. The number of rotatable bonds is 6. The first-order valence-electron chi connectivity index (χ1n) is 5.25. The van der Waals surface area contributed by atoms with E-state index in [4.69, 9.17) is 0 Å². The summed E-state index contributed by atoms with van der Waals surface area (Å²) < 4.78 is 0. The zero-order chi connectivity index (χ0) is 10.2. The number of hydrogen-bond acceptors (Lipinski definition) is 3. The van der Waals surface area contributed by atoms with Crippen molar-refractivity contribution in [2.24, 2.45) is 0 Å². The summed E-state index contributed by atoms with van der Waals surface area (Å²) in [6.45, 7) is 3.23. The minimum Gasteiger partial charge on any atom is -0.382 e. The molecule has 1 aromatic heterocycles. The molecule has 0 amide bonds. The minimum atomic E-state index is 0.920. The van der Waals surface area contributed by atoms with E-state index in [0.717, 1.165) is 18.1 Å². The lowest BCUT2D eigenvalue weighted by Crippen LogP contribution is -2.05. The minimum absolute atomic E-state index is 0.920. The zero-order valence-electron chi connectivity index (χ0n) is 9.01. The first-order valence-corrected chi connectivity index (χ1v) is 5.25. The number of nitrogens with zero attached hydrogens (tertiary/aromatic N) is 1. The van der Waals surface area contributed by atoms with E-state index in [-0.39, 0.29) is 0 Å². The second-order valence-electron chi connectivity index (χ2n) is 3.28. The molecular formula is C11H19N3. The summed E-state index contributed by atoms with van der Waals surface area (Å²) in [6.07, 6.45) is 5.55. The lowest BCUT2D eigenvalue weighted by molar-refractivity contribution is 0.743. The summed E-state index contributed by atoms with van der Waals surface area (Å²) in [5, 5.41) is 6.44. The van der Waals surface area contributed by atoms with Gasteiger partial charge in [-0.1, -0.05) is 19.8 Å². The fourth-order valence-electron chi connectivity index (χ4n) is 1.35. The molecule has 14 heavy (non-hydrogen) atoms. The molecule has 78 valence electrons. The highest BCUT2D eigenvalue weighted by Crippen LogP contribution is 2.16. The second-order valence-corrected chi connectivity index (χ2v) is 3.28. The predicted molar refractivity (Wildman–Crippen MR) is 61.8 cm³/mol. The van der Waals surface area contributed by atoms with E-state index >= 15 is 0 Å². The summed E-state index contributed by atoms with van der Waals surface area (Å²) in [5.74, 6) is 0.920. The van der Waals surface area contributed by atoms with Gasteiger partial charge in [0.25, 0.3) is 0 Å². The van der Waals surface area contributed by atoms with E-state index in [1.54, 1.807) is 6.20 Å². The Labute approximate surface area is 85.9 Å². The molecule has 1 heterocycles. The van der Waals surface area contributed by atoms with E-state index in [1.807, 2.05) is 19.2 Å². The van der Waals surface area contributed by atoms with Crippen molar-refractivity contribution in [3.63, 3.8) is 0 Å². The third kappa shape index (κ3) is 3.24. The Kier molecular flexibility index (Phi) is 4.83. The third-order valence-electron chi connectivity index (χ3n) is 2.14. The Balaban J connectivity index is 2.41.